The lowest BCUT2D eigenvalue weighted by Gasteiger charge is -2.17. The molecule has 0 saturated carbocycles. The van der Waals surface area contributed by atoms with Crippen molar-refractivity contribution in [2.75, 3.05) is 6.54 Å². The van der Waals surface area contributed by atoms with Gasteiger partial charge in [-0.25, -0.2) is 4.98 Å². The van der Waals surface area contributed by atoms with Crippen LogP contribution in [-0.4, -0.2) is 17.1 Å². The van der Waals surface area contributed by atoms with Crippen molar-refractivity contribution in [3.8, 4) is 0 Å². The Morgan fingerprint density at radius 1 is 1.50 bits per heavy atom. The average molecular weight is 241 g/mol. The number of thiazole rings is 1. The van der Waals surface area contributed by atoms with Crippen LogP contribution in [0.1, 0.15) is 43.5 Å². The van der Waals surface area contributed by atoms with Crippen molar-refractivity contribution in [3.05, 3.63) is 16.1 Å². The summed E-state index contributed by atoms with van der Waals surface area (Å²) in [6.45, 7) is 8.20. The van der Waals surface area contributed by atoms with Crippen LogP contribution in [0.5, 0.6) is 0 Å². The lowest BCUT2D eigenvalue weighted by Crippen LogP contribution is -2.32. The third-order valence-electron chi connectivity index (χ3n) is 2.40. The second kappa shape index (κ2) is 6.33. The maximum atomic E-state index is 5.91. The number of hydrogen-bond acceptors (Lipinski definition) is 4. The van der Waals surface area contributed by atoms with Gasteiger partial charge in [0.05, 0.1) is 0 Å². The molecule has 3 nitrogen and oxygen atoms in total. The summed E-state index contributed by atoms with van der Waals surface area (Å²) in [6.07, 6.45) is 5.23. The normalized spacial score (nSPS) is 12.0. The zero-order valence-electron chi connectivity index (χ0n) is 10.5. The van der Waals surface area contributed by atoms with Crippen molar-refractivity contribution < 1.29 is 0 Å². The van der Waals surface area contributed by atoms with Crippen LogP contribution in [0, 0.1) is 0 Å². The fraction of sp³-hybridized carbons (Fsp3) is 0.750. The minimum atomic E-state index is -0.0434. The Morgan fingerprint density at radius 3 is 2.81 bits per heavy atom. The number of aromatic nitrogens is 1. The van der Waals surface area contributed by atoms with E-state index in [1.54, 1.807) is 11.3 Å². The standard InChI is InChI=1S/C12H23N3S/c1-4-10-8-15-11(16-10)9-14-7-5-6-12(2,3)13/h8,14H,4-7,9,13H2,1-3H3. The second-order valence-corrected chi connectivity index (χ2v) is 6.04. The van der Waals surface area contributed by atoms with Crippen molar-refractivity contribution in [2.45, 2.75) is 52.1 Å². The number of nitrogens with zero attached hydrogens (tertiary/aromatic N) is 1. The summed E-state index contributed by atoms with van der Waals surface area (Å²) in [5.41, 5.74) is 5.87. The van der Waals surface area contributed by atoms with Crippen LogP contribution >= 0.6 is 11.3 Å². The highest BCUT2D eigenvalue weighted by Crippen LogP contribution is 2.13. The van der Waals surface area contributed by atoms with Gasteiger partial charge >= 0.3 is 0 Å². The van der Waals surface area contributed by atoms with Gasteiger partial charge in [-0.15, -0.1) is 11.3 Å². The van der Waals surface area contributed by atoms with Crippen LogP contribution in [0.3, 0.4) is 0 Å². The minimum absolute atomic E-state index is 0.0434. The molecule has 0 atom stereocenters. The molecule has 1 aromatic rings. The Bertz CT molecular complexity index is 301. The van der Waals surface area contributed by atoms with Crippen molar-refractivity contribution >= 4 is 11.3 Å². The lowest BCUT2D eigenvalue weighted by atomic mass is 10.0. The first-order valence-corrected chi connectivity index (χ1v) is 6.76. The Labute approximate surface area is 102 Å². The summed E-state index contributed by atoms with van der Waals surface area (Å²) in [5.74, 6) is 0. The lowest BCUT2D eigenvalue weighted by molar-refractivity contribution is 0.448. The fourth-order valence-corrected chi connectivity index (χ4v) is 2.29. The first-order chi connectivity index (χ1) is 7.51. The Balaban J connectivity index is 2.11. The molecule has 0 spiro atoms. The summed E-state index contributed by atoms with van der Waals surface area (Å²) in [6, 6.07) is 0. The van der Waals surface area contributed by atoms with E-state index in [1.807, 2.05) is 6.20 Å². The quantitative estimate of drug-likeness (QED) is 0.720. The van der Waals surface area contributed by atoms with Crippen molar-refractivity contribution in [1.29, 1.82) is 0 Å². The summed E-state index contributed by atoms with van der Waals surface area (Å²) in [5, 5.41) is 4.59. The van der Waals surface area contributed by atoms with Gasteiger partial charge in [0.25, 0.3) is 0 Å². The molecule has 3 N–H and O–H groups in total. The molecule has 0 fully saturated rings. The summed E-state index contributed by atoms with van der Waals surface area (Å²) < 4.78 is 0. The summed E-state index contributed by atoms with van der Waals surface area (Å²) in [7, 11) is 0. The summed E-state index contributed by atoms with van der Waals surface area (Å²) in [4.78, 5) is 5.73. The molecule has 1 rings (SSSR count). The minimum Gasteiger partial charge on any atom is -0.326 e. The van der Waals surface area contributed by atoms with Gasteiger partial charge in [-0.3, -0.25) is 0 Å². The first-order valence-electron chi connectivity index (χ1n) is 5.94. The molecule has 1 aromatic heterocycles. The molecule has 1 heterocycles. The van der Waals surface area contributed by atoms with E-state index in [0.29, 0.717) is 0 Å². The Morgan fingerprint density at radius 2 is 2.25 bits per heavy atom. The maximum Gasteiger partial charge on any atom is 0.107 e. The Kier molecular flexibility index (Phi) is 5.38. The van der Waals surface area contributed by atoms with Gasteiger partial charge in [-0.05, 0) is 39.7 Å². The van der Waals surface area contributed by atoms with Crippen LogP contribution in [-0.2, 0) is 13.0 Å². The average Bonchev–Trinajstić information content (AvgIpc) is 2.63. The van der Waals surface area contributed by atoms with E-state index >= 15 is 0 Å². The van der Waals surface area contributed by atoms with Crippen LogP contribution in [0.2, 0.25) is 0 Å². The van der Waals surface area contributed by atoms with E-state index in [1.165, 1.54) is 9.88 Å². The smallest absolute Gasteiger partial charge is 0.107 e. The van der Waals surface area contributed by atoms with Gasteiger partial charge in [0, 0.05) is 23.2 Å². The Hall–Kier alpha value is -0.450. The van der Waals surface area contributed by atoms with Crippen LogP contribution in [0.25, 0.3) is 0 Å². The van der Waals surface area contributed by atoms with Gasteiger partial charge < -0.3 is 11.1 Å². The van der Waals surface area contributed by atoms with Gasteiger partial charge in [-0.2, -0.15) is 0 Å². The molecular formula is C12H23N3S. The maximum absolute atomic E-state index is 5.91. The van der Waals surface area contributed by atoms with Crippen LogP contribution < -0.4 is 11.1 Å². The van der Waals surface area contributed by atoms with Gasteiger partial charge in [-0.1, -0.05) is 6.92 Å². The first kappa shape index (κ1) is 13.6. The van der Waals surface area contributed by atoms with Crippen molar-refractivity contribution in [3.63, 3.8) is 0 Å². The molecule has 0 aromatic carbocycles. The third-order valence-corrected chi connectivity index (χ3v) is 3.54. The predicted octanol–water partition coefficient (Wildman–Crippen LogP) is 2.31. The van der Waals surface area contributed by atoms with Crippen molar-refractivity contribution in [2.24, 2.45) is 5.73 Å². The number of hydrogen-bond donors (Lipinski definition) is 2. The molecule has 0 aliphatic rings. The predicted molar refractivity (Wildman–Crippen MR) is 70.7 cm³/mol. The number of aryl methyl sites for hydroxylation is 1. The molecular weight excluding hydrogens is 218 g/mol. The molecule has 0 aliphatic heterocycles. The number of nitrogens with one attached hydrogen (secondary N) is 1. The van der Waals surface area contributed by atoms with Gasteiger partial charge in [0.15, 0.2) is 0 Å². The number of nitrogens with two attached hydrogens (primary N) is 1. The van der Waals surface area contributed by atoms with E-state index < -0.39 is 0 Å². The largest absolute Gasteiger partial charge is 0.326 e. The fourth-order valence-electron chi connectivity index (χ4n) is 1.46. The monoisotopic (exact) mass is 241 g/mol. The molecule has 0 bridgehead atoms. The SMILES string of the molecule is CCc1cnc(CNCCCC(C)(C)N)s1. The molecule has 4 heteroatoms. The van der Waals surface area contributed by atoms with Gasteiger partial charge in [0.2, 0.25) is 0 Å². The van der Waals surface area contributed by atoms with E-state index in [2.05, 4.69) is 31.1 Å². The third kappa shape index (κ3) is 5.58. The highest BCUT2D eigenvalue weighted by atomic mass is 32.1. The zero-order valence-corrected chi connectivity index (χ0v) is 11.4. The van der Waals surface area contributed by atoms with Crippen LogP contribution in [0.4, 0.5) is 0 Å². The van der Waals surface area contributed by atoms with E-state index in [9.17, 15) is 0 Å². The van der Waals surface area contributed by atoms with E-state index in [-0.39, 0.29) is 5.54 Å². The molecule has 0 radical (unpaired) electrons. The van der Waals surface area contributed by atoms with Crippen molar-refractivity contribution in [1.82, 2.24) is 10.3 Å². The van der Waals surface area contributed by atoms with E-state index in [0.717, 1.165) is 32.4 Å². The van der Waals surface area contributed by atoms with E-state index in [4.69, 9.17) is 5.73 Å². The zero-order chi connectivity index (χ0) is 12.0. The molecule has 16 heavy (non-hydrogen) atoms. The molecule has 0 saturated heterocycles. The highest BCUT2D eigenvalue weighted by Gasteiger charge is 2.09. The molecule has 0 aliphatic carbocycles. The summed E-state index contributed by atoms with van der Waals surface area (Å²) >= 11 is 1.80. The number of rotatable bonds is 7. The van der Waals surface area contributed by atoms with Gasteiger partial charge in [0.1, 0.15) is 5.01 Å². The molecule has 92 valence electrons. The van der Waals surface area contributed by atoms with Crippen LogP contribution in [0.15, 0.2) is 6.20 Å². The highest BCUT2D eigenvalue weighted by molar-refractivity contribution is 7.11. The molecule has 0 amide bonds. The molecule has 0 unspecified atom stereocenters. The topological polar surface area (TPSA) is 50.9 Å². The second-order valence-electron chi connectivity index (χ2n) is 4.84.